The number of ether oxygens (including phenoxy) is 1. The summed E-state index contributed by atoms with van der Waals surface area (Å²) in [5.41, 5.74) is 0.682. The summed E-state index contributed by atoms with van der Waals surface area (Å²) in [6, 6.07) is 4.90. The maximum Gasteiger partial charge on any atom is 0.338 e. The van der Waals surface area contributed by atoms with Crippen molar-refractivity contribution in [1.29, 1.82) is 0 Å². The largest absolute Gasteiger partial charge is 0.544 e. The molecule has 0 aliphatic heterocycles. The molecule has 0 aromatic heterocycles. The van der Waals surface area contributed by atoms with Gasteiger partial charge in [0, 0.05) is 3.57 Å². The molecular formula is C14H14F2IO4-. The van der Waals surface area contributed by atoms with E-state index in [1.165, 1.54) is 19.9 Å². The number of alkyl halides is 2. The van der Waals surface area contributed by atoms with E-state index in [1.807, 2.05) is 22.6 Å². The molecule has 7 heteroatoms. The zero-order valence-electron chi connectivity index (χ0n) is 11.7. The molecule has 1 atom stereocenters. The fraction of sp³-hybridized carbons (Fsp3) is 0.429. The molecule has 0 fully saturated rings. The van der Waals surface area contributed by atoms with Crippen molar-refractivity contribution >= 4 is 34.5 Å². The first-order chi connectivity index (χ1) is 9.57. The average molecular weight is 411 g/mol. The van der Waals surface area contributed by atoms with Gasteiger partial charge in [0.05, 0.1) is 5.56 Å². The first-order valence-corrected chi connectivity index (χ1v) is 7.21. The summed E-state index contributed by atoms with van der Waals surface area (Å²) in [5.74, 6) is -8.68. The van der Waals surface area contributed by atoms with Crippen LogP contribution in [-0.4, -0.2) is 24.0 Å². The van der Waals surface area contributed by atoms with E-state index >= 15 is 0 Å². The molecule has 0 amide bonds. The van der Waals surface area contributed by atoms with Gasteiger partial charge in [-0.25, -0.2) is 4.79 Å². The highest BCUT2D eigenvalue weighted by atomic mass is 127. The number of hydrogen-bond acceptors (Lipinski definition) is 4. The van der Waals surface area contributed by atoms with Crippen LogP contribution in [-0.2, 0) is 9.53 Å². The number of carboxylic acid groups (broad SMARTS) is 1. The van der Waals surface area contributed by atoms with Crippen LogP contribution in [0.15, 0.2) is 18.2 Å². The normalized spacial score (nSPS) is 13.1. The van der Waals surface area contributed by atoms with Crippen molar-refractivity contribution in [1.82, 2.24) is 0 Å². The van der Waals surface area contributed by atoms with Gasteiger partial charge in [-0.15, -0.1) is 0 Å². The van der Waals surface area contributed by atoms with Crippen LogP contribution < -0.4 is 5.11 Å². The van der Waals surface area contributed by atoms with Crippen LogP contribution in [0.4, 0.5) is 8.78 Å². The average Bonchev–Trinajstić information content (AvgIpc) is 2.37. The summed E-state index contributed by atoms with van der Waals surface area (Å²) in [6.07, 6.45) is -2.09. The second-order valence-electron chi connectivity index (χ2n) is 4.94. The summed E-state index contributed by atoms with van der Waals surface area (Å²) in [4.78, 5) is 22.6. The molecule has 0 spiro atoms. The summed E-state index contributed by atoms with van der Waals surface area (Å²) < 4.78 is 32.6. The van der Waals surface area contributed by atoms with Crippen LogP contribution in [0.25, 0.3) is 0 Å². The molecule has 0 heterocycles. The Morgan fingerprint density at radius 1 is 1.33 bits per heavy atom. The minimum Gasteiger partial charge on any atom is -0.544 e. The monoisotopic (exact) mass is 411 g/mol. The minimum absolute atomic E-state index is 0.127. The molecule has 1 unspecified atom stereocenters. The fourth-order valence-electron chi connectivity index (χ4n) is 1.74. The number of halogens is 3. The molecule has 0 aliphatic rings. The summed E-state index contributed by atoms with van der Waals surface area (Å²) in [7, 11) is 0. The third-order valence-corrected chi connectivity index (χ3v) is 3.56. The zero-order chi connectivity index (χ0) is 16.4. The SMILES string of the molecule is Cc1ccc(I)cc1C(=O)OC(C(C)C)C(F)(F)C(=O)[O-]. The second kappa shape index (κ2) is 6.67. The van der Waals surface area contributed by atoms with Crippen molar-refractivity contribution in [3.05, 3.63) is 32.9 Å². The van der Waals surface area contributed by atoms with E-state index in [9.17, 15) is 23.5 Å². The van der Waals surface area contributed by atoms with Gasteiger partial charge in [-0.2, -0.15) is 8.78 Å². The summed E-state index contributed by atoms with van der Waals surface area (Å²) in [5, 5.41) is 10.6. The van der Waals surface area contributed by atoms with Crippen LogP contribution >= 0.6 is 22.6 Å². The Balaban J connectivity index is 3.08. The molecule has 0 bridgehead atoms. The number of esters is 1. The molecule has 0 saturated carbocycles. The molecule has 1 aromatic carbocycles. The number of carbonyl (C=O) groups excluding carboxylic acids is 2. The van der Waals surface area contributed by atoms with Crippen LogP contribution in [0.1, 0.15) is 29.8 Å². The molecule has 0 saturated heterocycles. The molecule has 0 radical (unpaired) electrons. The van der Waals surface area contributed by atoms with E-state index in [-0.39, 0.29) is 5.56 Å². The van der Waals surface area contributed by atoms with Gasteiger partial charge >= 0.3 is 11.9 Å². The van der Waals surface area contributed by atoms with E-state index in [1.54, 1.807) is 19.1 Å². The smallest absolute Gasteiger partial charge is 0.338 e. The predicted octanol–water partition coefficient (Wildman–Crippen LogP) is 2.17. The quantitative estimate of drug-likeness (QED) is 0.551. The zero-order valence-corrected chi connectivity index (χ0v) is 13.8. The highest BCUT2D eigenvalue weighted by Gasteiger charge is 2.46. The number of hydrogen-bond donors (Lipinski definition) is 0. The number of benzene rings is 1. The first kappa shape index (κ1) is 17.8. The number of aryl methyl sites for hydroxylation is 1. The number of carboxylic acids is 1. The lowest BCUT2D eigenvalue weighted by atomic mass is 10.0. The molecule has 1 aromatic rings. The maximum atomic E-state index is 13.6. The van der Waals surface area contributed by atoms with Gasteiger partial charge in [0.1, 0.15) is 5.97 Å². The van der Waals surface area contributed by atoms with E-state index in [0.29, 0.717) is 5.56 Å². The minimum atomic E-state index is -4.25. The Labute approximate surface area is 134 Å². The van der Waals surface area contributed by atoms with Gasteiger partial charge in [0.2, 0.25) is 0 Å². The van der Waals surface area contributed by atoms with Gasteiger partial charge in [-0.3, -0.25) is 0 Å². The maximum absolute atomic E-state index is 13.6. The lowest BCUT2D eigenvalue weighted by molar-refractivity contribution is -0.337. The Bertz CT molecular complexity index is 558. The van der Waals surface area contributed by atoms with E-state index < -0.39 is 29.9 Å². The number of carbonyl (C=O) groups is 2. The topological polar surface area (TPSA) is 66.4 Å². The Morgan fingerprint density at radius 2 is 1.90 bits per heavy atom. The van der Waals surface area contributed by atoms with Crippen molar-refractivity contribution in [3.63, 3.8) is 0 Å². The molecule has 21 heavy (non-hydrogen) atoms. The number of rotatable bonds is 5. The van der Waals surface area contributed by atoms with Crippen LogP contribution in [0.5, 0.6) is 0 Å². The molecule has 1 rings (SSSR count). The predicted molar refractivity (Wildman–Crippen MR) is 77.9 cm³/mol. The van der Waals surface area contributed by atoms with Gasteiger partial charge in [-0.05, 0) is 53.1 Å². The molecule has 0 N–H and O–H groups in total. The third kappa shape index (κ3) is 4.12. The van der Waals surface area contributed by atoms with Crippen LogP contribution in [0.2, 0.25) is 0 Å². The number of aliphatic carboxylic acids is 1. The Morgan fingerprint density at radius 3 is 2.38 bits per heavy atom. The standard InChI is InChI=1S/C14H15F2IO4/c1-7(2)11(14(15,16)13(19)20)21-12(18)10-6-9(17)5-4-8(10)3/h4-7,11H,1-3H3,(H,19,20)/p-1. The van der Waals surface area contributed by atoms with Crippen molar-refractivity contribution < 1.29 is 28.2 Å². The molecule has 0 aliphatic carbocycles. The second-order valence-corrected chi connectivity index (χ2v) is 6.19. The summed E-state index contributed by atoms with van der Waals surface area (Å²) >= 11 is 1.97. The van der Waals surface area contributed by atoms with Crippen molar-refractivity contribution in [2.45, 2.75) is 32.8 Å². The van der Waals surface area contributed by atoms with E-state index in [2.05, 4.69) is 0 Å². The van der Waals surface area contributed by atoms with Crippen LogP contribution in [0.3, 0.4) is 0 Å². The first-order valence-electron chi connectivity index (χ1n) is 6.13. The van der Waals surface area contributed by atoms with E-state index in [4.69, 9.17) is 4.74 Å². The van der Waals surface area contributed by atoms with Crippen LogP contribution in [0, 0.1) is 16.4 Å². The lowest BCUT2D eigenvalue weighted by Gasteiger charge is -2.30. The molecule has 4 nitrogen and oxygen atoms in total. The lowest BCUT2D eigenvalue weighted by Crippen LogP contribution is -2.53. The highest BCUT2D eigenvalue weighted by Crippen LogP contribution is 2.28. The summed E-state index contributed by atoms with van der Waals surface area (Å²) in [6.45, 7) is 4.32. The van der Waals surface area contributed by atoms with Gasteiger partial charge in [0.15, 0.2) is 6.10 Å². The third-order valence-electron chi connectivity index (χ3n) is 2.89. The van der Waals surface area contributed by atoms with Gasteiger partial charge in [0.25, 0.3) is 0 Å². The Kier molecular flexibility index (Phi) is 5.66. The molecular weight excluding hydrogens is 397 g/mol. The van der Waals surface area contributed by atoms with Crippen molar-refractivity contribution in [3.8, 4) is 0 Å². The highest BCUT2D eigenvalue weighted by molar-refractivity contribution is 14.1. The molecule has 116 valence electrons. The Hall–Kier alpha value is -1.25. The van der Waals surface area contributed by atoms with Crippen molar-refractivity contribution in [2.75, 3.05) is 0 Å². The van der Waals surface area contributed by atoms with Gasteiger partial charge < -0.3 is 14.6 Å². The fourth-order valence-corrected chi connectivity index (χ4v) is 2.23. The van der Waals surface area contributed by atoms with Crippen molar-refractivity contribution in [2.24, 2.45) is 5.92 Å². The van der Waals surface area contributed by atoms with E-state index in [0.717, 1.165) is 3.57 Å². The van der Waals surface area contributed by atoms with Gasteiger partial charge in [-0.1, -0.05) is 19.9 Å².